The van der Waals surface area contributed by atoms with E-state index in [1.54, 1.807) is 0 Å². The van der Waals surface area contributed by atoms with Gasteiger partial charge in [0.15, 0.2) is 0 Å². The monoisotopic (exact) mass is 265 g/mol. The third-order valence-corrected chi connectivity index (χ3v) is 2.83. The predicted molar refractivity (Wildman–Crippen MR) is 75.2 cm³/mol. The molecule has 0 bridgehead atoms. The van der Waals surface area contributed by atoms with Crippen LogP contribution in [0.15, 0.2) is 24.3 Å². The van der Waals surface area contributed by atoms with Crippen LogP contribution < -0.4 is 10.1 Å². The smallest absolute Gasteiger partial charge is 0.223 e. The molecule has 2 N–H and O–H groups in total. The van der Waals surface area contributed by atoms with Gasteiger partial charge in [-0.3, -0.25) is 4.79 Å². The number of carbonyl (C=O) groups excluding carboxylic acids is 1. The topological polar surface area (TPSA) is 58.6 Å². The molecule has 1 aromatic rings. The third kappa shape index (κ3) is 6.25. The molecular weight excluding hydrogens is 242 g/mol. The van der Waals surface area contributed by atoms with Gasteiger partial charge in [0.25, 0.3) is 0 Å². The third-order valence-electron chi connectivity index (χ3n) is 2.83. The highest BCUT2D eigenvalue weighted by Crippen LogP contribution is 2.12. The molecule has 0 radical (unpaired) electrons. The number of ether oxygens (including phenoxy) is 1. The number of hydrogen-bond acceptors (Lipinski definition) is 3. The zero-order chi connectivity index (χ0) is 14.3. The molecule has 0 spiro atoms. The Hall–Kier alpha value is -1.55. The molecule has 4 nitrogen and oxygen atoms in total. The Bertz CT molecular complexity index is 398. The molecule has 0 saturated heterocycles. The Morgan fingerprint density at radius 3 is 2.53 bits per heavy atom. The second kappa shape index (κ2) is 7.14. The molecule has 19 heavy (non-hydrogen) atoms. The van der Waals surface area contributed by atoms with Crippen LogP contribution in [-0.4, -0.2) is 29.8 Å². The molecule has 0 aromatic heterocycles. The van der Waals surface area contributed by atoms with E-state index < -0.39 is 0 Å². The molecule has 0 atom stereocenters. The molecular formula is C15H23NO3. The molecule has 1 amide bonds. The van der Waals surface area contributed by atoms with Gasteiger partial charge in [-0.1, -0.05) is 17.7 Å². The normalized spacial score (nSPS) is 11.2. The van der Waals surface area contributed by atoms with Crippen molar-refractivity contribution in [1.82, 2.24) is 5.32 Å². The fourth-order valence-corrected chi connectivity index (χ4v) is 1.68. The summed E-state index contributed by atoms with van der Waals surface area (Å²) in [5, 5.41) is 11.8. The summed E-state index contributed by atoms with van der Waals surface area (Å²) < 4.78 is 5.50. The first kappa shape index (κ1) is 15.5. The van der Waals surface area contributed by atoms with Gasteiger partial charge in [-0.2, -0.15) is 0 Å². The highest BCUT2D eigenvalue weighted by atomic mass is 16.5. The molecule has 0 fully saturated rings. The van der Waals surface area contributed by atoms with Crippen molar-refractivity contribution in [3.05, 3.63) is 29.8 Å². The molecule has 0 aliphatic heterocycles. The summed E-state index contributed by atoms with van der Waals surface area (Å²) in [5.41, 5.74) is 0.797. The number of benzene rings is 1. The maximum absolute atomic E-state index is 11.7. The summed E-state index contributed by atoms with van der Waals surface area (Å²) in [6.07, 6.45) is 0.848. The lowest BCUT2D eigenvalue weighted by Gasteiger charge is -2.25. The molecule has 1 aromatic carbocycles. The van der Waals surface area contributed by atoms with E-state index in [1.165, 1.54) is 5.56 Å². The van der Waals surface area contributed by atoms with Crippen LogP contribution in [-0.2, 0) is 4.79 Å². The largest absolute Gasteiger partial charge is 0.493 e. The second-order valence-corrected chi connectivity index (χ2v) is 5.32. The van der Waals surface area contributed by atoms with Gasteiger partial charge >= 0.3 is 0 Å². The lowest BCUT2D eigenvalue weighted by molar-refractivity contribution is -0.123. The molecule has 106 valence electrons. The van der Waals surface area contributed by atoms with Crippen LogP contribution in [0.2, 0.25) is 0 Å². The number of rotatable bonds is 7. The summed E-state index contributed by atoms with van der Waals surface area (Å²) in [6, 6.07) is 7.73. The van der Waals surface area contributed by atoms with Crippen molar-refractivity contribution >= 4 is 5.91 Å². The summed E-state index contributed by atoms with van der Waals surface area (Å²) in [4.78, 5) is 11.7. The van der Waals surface area contributed by atoms with Gasteiger partial charge < -0.3 is 15.2 Å². The quantitative estimate of drug-likeness (QED) is 0.793. The molecule has 0 aliphatic rings. The summed E-state index contributed by atoms with van der Waals surface area (Å²) in [7, 11) is 0. The van der Waals surface area contributed by atoms with Gasteiger partial charge in [-0.15, -0.1) is 0 Å². The number of aliphatic hydroxyl groups excluding tert-OH is 1. The van der Waals surface area contributed by atoms with Gasteiger partial charge in [-0.25, -0.2) is 0 Å². The van der Waals surface area contributed by atoms with Crippen molar-refractivity contribution in [2.24, 2.45) is 0 Å². The zero-order valence-corrected chi connectivity index (χ0v) is 11.9. The predicted octanol–water partition coefficient (Wildman–Crippen LogP) is 2.04. The average Bonchev–Trinajstić information content (AvgIpc) is 2.30. The summed E-state index contributed by atoms with van der Waals surface area (Å²) in [6.45, 7) is 6.21. The minimum absolute atomic E-state index is 0.0626. The number of hydrogen-bond donors (Lipinski definition) is 2. The minimum Gasteiger partial charge on any atom is -0.493 e. The molecule has 1 rings (SSSR count). The molecule has 0 unspecified atom stereocenters. The standard InChI is InChI=1S/C15H23NO3/c1-12-4-6-13(7-5-12)19-11-8-14(18)16-15(2,3)9-10-17/h4-7,17H,8-11H2,1-3H3,(H,16,18). The first-order chi connectivity index (χ1) is 8.93. The summed E-state index contributed by atoms with van der Waals surface area (Å²) >= 11 is 0. The minimum atomic E-state index is -0.379. The van der Waals surface area contributed by atoms with Crippen LogP contribution in [0.4, 0.5) is 0 Å². The van der Waals surface area contributed by atoms with E-state index in [4.69, 9.17) is 9.84 Å². The molecule has 0 heterocycles. The van der Waals surface area contributed by atoms with Crippen LogP contribution in [0.1, 0.15) is 32.3 Å². The number of nitrogens with one attached hydrogen (secondary N) is 1. The Kier molecular flexibility index (Phi) is 5.83. The Balaban J connectivity index is 2.29. The number of carbonyl (C=O) groups is 1. The van der Waals surface area contributed by atoms with Crippen LogP contribution in [0, 0.1) is 6.92 Å². The van der Waals surface area contributed by atoms with Crippen molar-refractivity contribution in [3.63, 3.8) is 0 Å². The van der Waals surface area contributed by atoms with Gasteiger partial charge in [-0.05, 0) is 39.3 Å². The van der Waals surface area contributed by atoms with Crippen LogP contribution in [0.5, 0.6) is 5.75 Å². The fourth-order valence-electron chi connectivity index (χ4n) is 1.68. The lowest BCUT2D eigenvalue weighted by atomic mass is 10.0. The van der Waals surface area contributed by atoms with Gasteiger partial charge in [0.1, 0.15) is 5.75 Å². The van der Waals surface area contributed by atoms with Crippen LogP contribution in [0.25, 0.3) is 0 Å². The highest BCUT2D eigenvalue weighted by Gasteiger charge is 2.19. The van der Waals surface area contributed by atoms with Crippen molar-refractivity contribution < 1.29 is 14.6 Å². The Morgan fingerprint density at radius 2 is 1.95 bits per heavy atom. The van der Waals surface area contributed by atoms with Crippen molar-refractivity contribution in [3.8, 4) is 5.75 Å². The van der Waals surface area contributed by atoms with E-state index in [1.807, 2.05) is 45.0 Å². The van der Waals surface area contributed by atoms with E-state index in [-0.39, 0.29) is 18.1 Å². The average molecular weight is 265 g/mol. The summed E-state index contributed by atoms with van der Waals surface area (Å²) in [5.74, 6) is 0.707. The molecule has 0 saturated carbocycles. The SMILES string of the molecule is Cc1ccc(OCCC(=O)NC(C)(C)CCO)cc1. The highest BCUT2D eigenvalue weighted by molar-refractivity contribution is 5.76. The van der Waals surface area contributed by atoms with E-state index in [9.17, 15) is 4.79 Å². The maximum Gasteiger partial charge on any atom is 0.223 e. The number of aliphatic hydroxyl groups is 1. The van der Waals surface area contributed by atoms with Gasteiger partial charge in [0.2, 0.25) is 5.91 Å². The van der Waals surface area contributed by atoms with Gasteiger partial charge in [0.05, 0.1) is 13.0 Å². The molecule has 4 heteroatoms. The number of aryl methyl sites for hydroxylation is 1. The van der Waals surface area contributed by atoms with Crippen LogP contribution >= 0.6 is 0 Å². The first-order valence-electron chi connectivity index (χ1n) is 6.54. The Morgan fingerprint density at radius 1 is 1.32 bits per heavy atom. The van der Waals surface area contributed by atoms with E-state index in [0.717, 1.165) is 5.75 Å². The first-order valence-corrected chi connectivity index (χ1v) is 6.54. The van der Waals surface area contributed by atoms with E-state index >= 15 is 0 Å². The number of amides is 1. The fraction of sp³-hybridized carbons (Fsp3) is 0.533. The van der Waals surface area contributed by atoms with Crippen molar-refractivity contribution in [2.75, 3.05) is 13.2 Å². The van der Waals surface area contributed by atoms with Gasteiger partial charge in [0, 0.05) is 12.1 Å². The van der Waals surface area contributed by atoms with Crippen molar-refractivity contribution in [2.45, 2.75) is 39.2 Å². The maximum atomic E-state index is 11.7. The zero-order valence-electron chi connectivity index (χ0n) is 11.9. The Labute approximate surface area is 114 Å². The van der Waals surface area contributed by atoms with E-state index in [2.05, 4.69) is 5.32 Å². The van der Waals surface area contributed by atoms with Crippen LogP contribution in [0.3, 0.4) is 0 Å². The second-order valence-electron chi connectivity index (χ2n) is 5.32. The van der Waals surface area contributed by atoms with E-state index in [0.29, 0.717) is 19.4 Å². The lowest BCUT2D eigenvalue weighted by Crippen LogP contribution is -2.44. The van der Waals surface area contributed by atoms with Crippen molar-refractivity contribution in [1.29, 1.82) is 0 Å². The molecule has 0 aliphatic carbocycles.